The van der Waals surface area contributed by atoms with Crippen molar-refractivity contribution in [2.75, 3.05) is 0 Å². The van der Waals surface area contributed by atoms with Gasteiger partial charge in [-0.1, -0.05) is 6.42 Å². The highest BCUT2D eigenvalue weighted by atomic mass is 32.1. The van der Waals surface area contributed by atoms with E-state index in [0.29, 0.717) is 0 Å². The number of carbonyl (C=O) groups excluding carboxylic acids is 1. The molecule has 0 aromatic carbocycles. The highest BCUT2D eigenvalue weighted by Crippen LogP contribution is 2.34. The van der Waals surface area contributed by atoms with Gasteiger partial charge in [-0.2, -0.15) is 0 Å². The van der Waals surface area contributed by atoms with Gasteiger partial charge in [0.15, 0.2) is 0 Å². The zero-order chi connectivity index (χ0) is 13.2. The second kappa shape index (κ2) is 5.63. The Balaban J connectivity index is 1.64. The average Bonchev–Trinajstić information content (AvgIpc) is 2.88. The topological polar surface area (TPSA) is 55.1 Å². The minimum atomic E-state index is 0.132. The lowest BCUT2D eigenvalue weighted by molar-refractivity contribution is -0.127. The number of fused-ring (bicyclic) bond motifs is 1. The third kappa shape index (κ3) is 2.84. The second-order valence-corrected chi connectivity index (χ2v) is 6.88. The van der Waals surface area contributed by atoms with Gasteiger partial charge in [0.1, 0.15) is 0 Å². The first kappa shape index (κ1) is 13.1. The molecular weight excluding hydrogens is 256 g/mol. The van der Waals surface area contributed by atoms with Gasteiger partial charge in [0.25, 0.3) is 0 Å². The molecule has 104 valence electrons. The molecule has 3 rings (SSSR count). The summed E-state index contributed by atoms with van der Waals surface area (Å²) in [4.78, 5) is 13.8. The maximum atomic E-state index is 12.4. The van der Waals surface area contributed by atoms with Crippen molar-refractivity contribution in [1.29, 1.82) is 0 Å². The van der Waals surface area contributed by atoms with E-state index in [0.717, 1.165) is 32.1 Å². The van der Waals surface area contributed by atoms with Gasteiger partial charge in [0.2, 0.25) is 5.91 Å². The van der Waals surface area contributed by atoms with E-state index in [1.54, 1.807) is 0 Å². The molecule has 1 heterocycles. The maximum absolute atomic E-state index is 12.4. The van der Waals surface area contributed by atoms with Crippen molar-refractivity contribution in [1.82, 2.24) is 5.32 Å². The molecule has 0 spiro atoms. The summed E-state index contributed by atoms with van der Waals surface area (Å²) in [6.07, 6.45) is 7.46. The highest BCUT2D eigenvalue weighted by Gasteiger charge is 2.29. The molecule has 0 aliphatic heterocycles. The van der Waals surface area contributed by atoms with Crippen LogP contribution in [-0.2, 0) is 11.2 Å². The molecule has 1 amide bonds. The third-order valence-electron chi connectivity index (χ3n) is 4.45. The molecule has 3 N–H and O–H groups in total. The Labute approximate surface area is 118 Å². The zero-order valence-electron chi connectivity index (χ0n) is 11.2. The number of hydrogen-bond acceptors (Lipinski definition) is 3. The number of thiophene rings is 1. The number of carbonyl (C=O) groups is 1. The van der Waals surface area contributed by atoms with Crippen molar-refractivity contribution >= 4 is 17.2 Å². The number of nitrogens with two attached hydrogens (primary N) is 1. The fourth-order valence-electron chi connectivity index (χ4n) is 3.39. The predicted octanol–water partition coefficient (Wildman–Crippen LogP) is 2.76. The Hall–Kier alpha value is -0.870. The molecule has 19 heavy (non-hydrogen) atoms. The van der Waals surface area contributed by atoms with Crippen LogP contribution in [0, 0.1) is 5.92 Å². The van der Waals surface area contributed by atoms with E-state index < -0.39 is 0 Å². The number of nitrogens with one attached hydrogen (secondary N) is 1. The van der Waals surface area contributed by atoms with Gasteiger partial charge in [-0.05, 0) is 55.5 Å². The SMILES string of the molecule is NC1CCCC(C(=O)NC2CCCc3sccc32)C1. The maximum Gasteiger partial charge on any atom is 0.223 e. The summed E-state index contributed by atoms with van der Waals surface area (Å²) in [5.74, 6) is 0.354. The van der Waals surface area contributed by atoms with Gasteiger partial charge < -0.3 is 11.1 Å². The Morgan fingerprint density at radius 3 is 3.05 bits per heavy atom. The zero-order valence-corrected chi connectivity index (χ0v) is 12.0. The Kier molecular flexibility index (Phi) is 3.89. The first-order valence-electron chi connectivity index (χ1n) is 7.36. The van der Waals surface area contributed by atoms with Crippen LogP contribution in [0.3, 0.4) is 0 Å². The molecule has 3 atom stereocenters. The molecule has 1 saturated carbocycles. The van der Waals surface area contributed by atoms with Crippen molar-refractivity contribution in [2.24, 2.45) is 11.7 Å². The molecule has 0 bridgehead atoms. The predicted molar refractivity (Wildman–Crippen MR) is 78.1 cm³/mol. The van der Waals surface area contributed by atoms with E-state index in [-0.39, 0.29) is 23.9 Å². The van der Waals surface area contributed by atoms with E-state index in [2.05, 4.69) is 16.8 Å². The average molecular weight is 278 g/mol. The number of hydrogen-bond donors (Lipinski definition) is 2. The molecule has 1 aromatic rings. The van der Waals surface area contributed by atoms with Crippen molar-refractivity contribution in [2.45, 2.75) is 57.0 Å². The number of amides is 1. The monoisotopic (exact) mass is 278 g/mol. The first-order chi connectivity index (χ1) is 9.24. The molecule has 4 heteroatoms. The molecule has 2 aliphatic rings. The third-order valence-corrected chi connectivity index (χ3v) is 5.45. The normalized spacial score (nSPS) is 30.7. The van der Waals surface area contributed by atoms with Crippen molar-refractivity contribution < 1.29 is 4.79 Å². The molecule has 1 aromatic heterocycles. The summed E-state index contributed by atoms with van der Waals surface area (Å²) in [5.41, 5.74) is 7.33. The Morgan fingerprint density at radius 1 is 1.32 bits per heavy atom. The second-order valence-electron chi connectivity index (χ2n) is 5.88. The van der Waals surface area contributed by atoms with Crippen LogP contribution in [0.1, 0.15) is 55.0 Å². The van der Waals surface area contributed by atoms with Crippen LogP contribution in [0.4, 0.5) is 0 Å². The van der Waals surface area contributed by atoms with Crippen molar-refractivity contribution in [3.8, 4) is 0 Å². The van der Waals surface area contributed by atoms with E-state index in [1.165, 1.54) is 23.3 Å². The van der Waals surface area contributed by atoms with E-state index in [9.17, 15) is 4.79 Å². The van der Waals surface area contributed by atoms with Crippen molar-refractivity contribution in [3.63, 3.8) is 0 Å². The number of rotatable bonds is 2. The van der Waals surface area contributed by atoms with Crippen LogP contribution in [0.5, 0.6) is 0 Å². The van der Waals surface area contributed by atoms with Gasteiger partial charge in [0, 0.05) is 16.8 Å². The highest BCUT2D eigenvalue weighted by molar-refractivity contribution is 7.10. The van der Waals surface area contributed by atoms with Gasteiger partial charge in [-0.15, -0.1) is 11.3 Å². The van der Waals surface area contributed by atoms with Crippen LogP contribution in [0.15, 0.2) is 11.4 Å². The van der Waals surface area contributed by atoms with Gasteiger partial charge >= 0.3 is 0 Å². The van der Waals surface area contributed by atoms with E-state index in [1.807, 2.05) is 11.3 Å². The standard InChI is InChI=1S/C15H22N2OS/c16-11-4-1-3-10(9-11)15(18)17-13-5-2-6-14-12(13)7-8-19-14/h7-8,10-11,13H,1-6,9,16H2,(H,17,18). The van der Waals surface area contributed by atoms with Gasteiger partial charge in [-0.25, -0.2) is 0 Å². The number of aryl methyl sites for hydroxylation is 1. The fraction of sp³-hybridized carbons (Fsp3) is 0.667. The Morgan fingerprint density at radius 2 is 2.21 bits per heavy atom. The van der Waals surface area contributed by atoms with Crippen LogP contribution in [0.25, 0.3) is 0 Å². The van der Waals surface area contributed by atoms with Gasteiger partial charge in [-0.3, -0.25) is 4.79 Å². The van der Waals surface area contributed by atoms with Crippen LogP contribution >= 0.6 is 11.3 Å². The lowest BCUT2D eigenvalue weighted by Gasteiger charge is -2.29. The fourth-order valence-corrected chi connectivity index (χ4v) is 4.38. The lowest BCUT2D eigenvalue weighted by atomic mass is 9.85. The minimum Gasteiger partial charge on any atom is -0.349 e. The quantitative estimate of drug-likeness (QED) is 0.874. The summed E-state index contributed by atoms with van der Waals surface area (Å²) in [5, 5.41) is 5.41. The largest absolute Gasteiger partial charge is 0.349 e. The first-order valence-corrected chi connectivity index (χ1v) is 8.24. The summed E-state index contributed by atoms with van der Waals surface area (Å²) in [7, 11) is 0. The lowest BCUT2D eigenvalue weighted by Crippen LogP contribution is -2.39. The van der Waals surface area contributed by atoms with Crippen LogP contribution in [-0.4, -0.2) is 11.9 Å². The molecule has 2 aliphatic carbocycles. The van der Waals surface area contributed by atoms with Gasteiger partial charge in [0.05, 0.1) is 6.04 Å². The van der Waals surface area contributed by atoms with Crippen LogP contribution in [0.2, 0.25) is 0 Å². The van der Waals surface area contributed by atoms with Crippen molar-refractivity contribution in [3.05, 3.63) is 21.9 Å². The van der Waals surface area contributed by atoms with E-state index >= 15 is 0 Å². The summed E-state index contributed by atoms with van der Waals surface area (Å²) in [6, 6.07) is 2.63. The summed E-state index contributed by atoms with van der Waals surface area (Å²) in [6.45, 7) is 0. The molecule has 0 radical (unpaired) electrons. The molecular formula is C15H22N2OS. The molecule has 1 fully saturated rings. The summed E-state index contributed by atoms with van der Waals surface area (Å²) < 4.78 is 0. The molecule has 3 unspecified atom stereocenters. The molecule has 0 saturated heterocycles. The minimum absolute atomic E-state index is 0.132. The van der Waals surface area contributed by atoms with E-state index in [4.69, 9.17) is 5.73 Å². The smallest absolute Gasteiger partial charge is 0.223 e. The Bertz CT molecular complexity index is 457. The molecule has 3 nitrogen and oxygen atoms in total. The summed E-state index contributed by atoms with van der Waals surface area (Å²) >= 11 is 1.82. The van der Waals surface area contributed by atoms with Crippen LogP contribution < -0.4 is 11.1 Å².